The minimum atomic E-state index is -0.853. The van der Waals surface area contributed by atoms with E-state index >= 15 is 0 Å². The van der Waals surface area contributed by atoms with Gasteiger partial charge in [-0.15, -0.1) is 0 Å². The van der Waals surface area contributed by atoms with Crippen LogP contribution in [0.1, 0.15) is 25.3 Å². The van der Waals surface area contributed by atoms with Gasteiger partial charge in [0.25, 0.3) is 0 Å². The number of benzene rings is 1. The van der Waals surface area contributed by atoms with Crippen molar-refractivity contribution in [2.75, 3.05) is 6.54 Å². The topological polar surface area (TPSA) is 52.9 Å². The molecule has 1 aliphatic carbocycles. The van der Waals surface area contributed by atoms with Crippen molar-refractivity contribution in [3.05, 3.63) is 35.6 Å². The van der Waals surface area contributed by atoms with Gasteiger partial charge in [-0.2, -0.15) is 5.26 Å². The third kappa shape index (κ3) is 2.76. The van der Waals surface area contributed by atoms with Crippen molar-refractivity contribution in [1.29, 1.82) is 5.26 Å². The summed E-state index contributed by atoms with van der Waals surface area (Å²) in [6, 6.07) is 8.63. The van der Waals surface area contributed by atoms with E-state index in [1.54, 1.807) is 18.2 Å². The summed E-state index contributed by atoms with van der Waals surface area (Å²) in [6.07, 6.45) is 1.68. The number of halogens is 1. The first kappa shape index (κ1) is 13.5. The van der Waals surface area contributed by atoms with E-state index in [0.29, 0.717) is 37.3 Å². The van der Waals surface area contributed by atoms with Gasteiger partial charge in [-0.1, -0.05) is 25.1 Å². The fourth-order valence-corrected chi connectivity index (χ4v) is 2.64. The summed E-state index contributed by atoms with van der Waals surface area (Å²) in [4.78, 5) is 12.0. The average molecular weight is 260 g/mol. The van der Waals surface area contributed by atoms with Gasteiger partial charge in [0, 0.05) is 6.54 Å². The molecule has 1 saturated carbocycles. The van der Waals surface area contributed by atoms with Crippen LogP contribution in [0.15, 0.2) is 24.3 Å². The molecule has 100 valence electrons. The number of hydrogen-bond donors (Lipinski definition) is 1. The molecule has 1 aromatic rings. The van der Waals surface area contributed by atoms with Crippen LogP contribution in [0.5, 0.6) is 0 Å². The molecule has 1 aliphatic rings. The van der Waals surface area contributed by atoms with Gasteiger partial charge in [0.1, 0.15) is 11.2 Å². The molecule has 3 nitrogen and oxygen atoms in total. The molecule has 1 N–H and O–H groups in total. The Labute approximate surface area is 112 Å². The highest BCUT2D eigenvalue weighted by Crippen LogP contribution is 2.44. The van der Waals surface area contributed by atoms with Gasteiger partial charge in [-0.3, -0.25) is 4.79 Å². The Balaban J connectivity index is 1.85. The summed E-state index contributed by atoms with van der Waals surface area (Å²) >= 11 is 0. The minimum Gasteiger partial charge on any atom is -0.354 e. The lowest BCUT2D eigenvalue weighted by atomic mass is 9.63. The van der Waals surface area contributed by atoms with Crippen LogP contribution in [-0.4, -0.2) is 12.5 Å². The van der Waals surface area contributed by atoms with Gasteiger partial charge >= 0.3 is 0 Å². The summed E-state index contributed by atoms with van der Waals surface area (Å²) in [6.45, 7) is 2.39. The Morgan fingerprint density at radius 3 is 2.79 bits per heavy atom. The monoisotopic (exact) mass is 260 g/mol. The Hall–Kier alpha value is -1.89. The number of carbonyl (C=O) groups is 1. The van der Waals surface area contributed by atoms with Gasteiger partial charge in [0.05, 0.1) is 6.07 Å². The SMILES string of the molecule is CC1CC(C#N)(C(=O)NCCc2ccccc2F)C1. The first-order valence-electron chi connectivity index (χ1n) is 6.50. The van der Waals surface area contributed by atoms with Crippen LogP contribution >= 0.6 is 0 Å². The first-order valence-corrected chi connectivity index (χ1v) is 6.50. The standard InChI is InChI=1S/C15H17FN2O/c1-11-8-15(9-11,10-17)14(19)18-7-6-12-4-2-3-5-13(12)16/h2-5,11H,6-9H2,1H3,(H,18,19). The van der Waals surface area contributed by atoms with Gasteiger partial charge in [-0.05, 0) is 36.8 Å². The number of carbonyl (C=O) groups excluding carboxylic acids is 1. The molecule has 0 heterocycles. The second kappa shape index (κ2) is 5.40. The van der Waals surface area contributed by atoms with Crippen molar-refractivity contribution in [2.24, 2.45) is 11.3 Å². The summed E-state index contributed by atoms with van der Waals surface area (Å²) in [5.41, 5.74) is -0.273. The Bertz CT molecular complexity index is 515. The molecule has 0 atom stereocenters. The fraction of sp³-hybridized carbons (Fsp3) is 0.467. The van der Waals surface area contributed by atoms with Crippen LogP contribution < -0.4 is 5.32 Å². The summed E-state index contributed by atoms with van der Waals surface area (Å²) in [5, 5.41) is 11.9. The highest BCUT2D eigenvalue weighted by atomic mass is 19.1. The van der Waals surface area contributed by atoms with Gasteiger partial charge in [0.2, 0.25) is 5.91 Å². The summed E-state index contributed by atoms with van der Waals surface area (Å²) < 4.78 is 13.4. The third-order valence-corrected chi connectivity index (χ3v) is 3.68. The van der Waals surface area contributed by atoms with E-state index in [4.69, 9.17) is 5.26 Å². The second-order valence-electron chi connectivity index (χ2n) is 5.30. The highest BCUT2D eigenvalue weighted by molar-refractivity contribution is 5.86. The lowest BCUT2D eigenvalue weighted by Crippen LogP contribution is -2.48. The van der Waals surface area contributed by atoms with E-state index in [-0.39, 0.29) is 11.7 Å². The number of amides is 1. The lowest BCUT2D eigenvalue weighted by Gasteiger charge is -2.39. The molecule has 0 aromatic heterocycles. The van der Waals surface area contributed by atoms with E-state index in [1.807, 2.05) is 6.92 Å². The number of nitrogens with one attached hydrogen (secondary N) is 1. The predicted octanol–water partition coefficient (Wildman–Crippen LogP) is 2.42. The Kier molecular flexibility index (Phi) is 3.84. The zero-order valence-electron chi connectivity index (χ0n) is 10.9. The second-order valence-corrected chi connectivity index (χ2v) is 5.30. The van der Waals surface area contributed by atoms with Crippen LogP contribution in [-0.2, 0) is 11.2 Å². The quantitative estimate of drug-likeness (QED) is 0.904. The molecule has 19 heavy (non-hydrogen) atoms. The van der Waals surface area contributed by atoms with Gasteiger partial charge in [0.15, 0.2) is 0 Å². The molecule has 1 fully saturated rings. The van der Waals surface area contributed by atoms with Crippen LogP contribution in [0.4, 0.5) is 4.39 Å². The van der Waals surface area contributed by atoms with Crippen molar-refractivity contribution in [3.63, 3.8) is 0 Å². The maximum absolute atomic E-state index is 13.4. The molecule has 1 amide bonds. The maximum atomic E-state index is 13.4. The first-order chi connectivity index (χ1) is 9.07. The van der Waals surface area contributed by atoms with E-state index in [2.05, 4.69) is 11.4 Å². The Morgan fingerprint density at radius 1 is 1.53 bits per heavy atom. The maximum Gasteiger partial charge on any atom is 0.240 e. The molecule has 0 bridgehead atoms. The van der Waals surface area contributed by atoms with E-state index in [9.17, 15) is 9.18 Å². The van der Waals surface area contributed by atoms with E-state index in [0.717, 1.165) is 0 Å². The molecule has 0 aliphatic heterocycles. The van der Waals surface area contributed by atoms with Crippen molar-refractivity contribution >= 4 is 5.91 Å². The molecule has 0 radical (unpaired) electrons. The molecule has 1 aromatic carbocycles. The third-order valence-electron chi connectivity index (χ3n) is 3.68. The average Bonchev–Trinajstić information content (AvgIpc) is 2.37. The molecule has 0 saturated heterocycles. The van der Waals surface area contributed by atoms with Crippen molar-refractivity contribution in [3.8, 4) is 6.07 Å². The number of nitriles is 1. The highest BCUT2D eigenvalue weighted by Gasteiger charge is 2.48. The van der Waals surface area contributed by atoms with Gasteiger partial charge in [-0.25, -0.2) is 4.39 Å². The van der Waals surface area contributed by atoms with Gasteiger partial charge < -0.3 is 5.32 Å². The molecular formula is C15H17FN2O. The zero-order valence-corrected chi connectivity index (χ0v) is 10.9. The van der Waals surface area contributed by atoms with Crippen molar-refractivity contribution < 1.29 is 9.18 Å². The molecule has 0 unspecified atom stereocenters. The lowest BCUT2D eigenvalue weighted by molar-refractivity contribution is -0.133. The molecule has 2 rings (SSSR count). The van der Waals surface area contributed by atoms with Crippen LogP contribution in [0, 0.1) is 28.5 Å². The molecule has 0 spiro atoms. The molecular weight excluding hydrogens is 243 g/mol. The summed E-state index contributed by atoms with van der Waals surface area (Å²) in [5.74, 6) is -0.0505. The van der Waals surface area contributed by atoms with Crippen molar-refractivity contribution in [2.45, 2.75) is 26.2 Å². The number of hydrogen-bond acceptors (Lipinski definition) is 2. The van der Waals surface area contributed by atoms with Crippen molar-refractivity contribution in [1.82, 2.24) is 5.32 Å². The van der Waals surface area contributed by atoms with E-state index in [1.165, 1.54) is 6.07 Å². The summed E-state index contributed by atoms with van der Waals surface area (Å²) in [7, 11) is 0. The fourth-order valence-electron chi connectivity index (χ4n) is 2.64. The van der Waals surface area contributed by atoms with E-state index < -0.39 is 5.41 Å². The van der Waals surface area contributed by atoms with Crippen LogP contribution in [0.25, 0.3) is 0 Å². The predicted molar refractivity (Wildman–Crippen MR) is 69.6 cm³/mol. The minimum absolute atomic E-state index is 0.218. The number of rotatable bonds is 4. The van der Waals surface area contributed by atoms with Crippen LogP contribution in [0.2, 0.25) is 0 Å². The van der Waals surface area contributed by atoms with Crippen LogP contribution in [0.3, 0.4) is 0 Å². The largest absolute Gasteiger partial charge is 0.354 e. The Morgan fingerprint density at radius 2 is 2.21 bits per heavy atom. The molecule has 4 heteroatoms. The smallest absolute Gasteiger partial charge is 0.240 e. The normalized spacial score (nSPS) is 25.2. The number of nitrogens with zero attached hydrogens (tertiary/aromatic N) is 1. The zero-order chi connectivity index (χ0) is 13.9.